The predicted molar refractivity (Wildman–Crippen MR) is 64.6 cm³/mol. The number of rotatable bonds is 2. The van der Waals surface area contributed by atoms with Gasteiger partial charge in [0.2, 0.25) is 0 Å². The van der Waals surface area contributed by atoms with Gasteiger partial charge in [0.1, 0.15) is 17.7 Å². The van der Waals surface area contributed by atoms with Crippen molar-refractivity contribution in [1.29, 1.82) is 0 Å². The molecule has 0 aromatic heterocycles. The van der Waals surface area contributed by atoms with E-state index in [9.17, 15) is 9.50 Å². The standard InChI is InChI=1S/C14H19FO2/c1-10-7-8-11(9-12(10)15)17-14-6-4-2-3-5-13(14)16/h7-9,13-14,16H,2-6H2,1H3. The second kappa shape index (κ2) is 5.50. The van der Waals surface area contributed by atoms with Gasteiger partial charge in [0.15, 0.2) is 0 Å². The van der Waals surface area contributed by atoms with Crippen LogP contribution >= 0.6 is 0 Å². The summed E-state index contributed by atoms with van der Waals surface area (Å²) in [7, 11) is 0. The Hall–Kier alpha value is -1.09. The molecule has 0 heterocycles. The first-order valence-corrected chi connectivity index (χ1v) is 6.27. The summed E-state index contributed by atoms with van der Waals surface area (Å²) in [5.41, 5.74) is 0.610. The number of aliphatic hydroxyl groups is 1. The molecule has 1 aromatic carbocycles. The van der Waals surface area contributed by atoms with E-state index in [1.807, 2.05) is 0 Å². The maximum atomic E-state index is 13.4. The monoisotopic (exact) mass is 238 g/mol. The lowest BCUT2D eigenvalue weighted by Crippen LogP contribution is -2.30. The topological polar surface area (TPSA) is 29.5 Å². The maximum absolute atomic E-state index is 13.4. The smallest absolute Gasteiger partial charge is 0.129 e. The van der Waals surface area contributed by atoms with Crippen LogP contribution in [0.1, 0.15) is 37.7 Å². The number of ether oxygens (including phenoxy) is 1. The zero-order valence-electron chi connectivity index (χ0n) is 10.2. The Balaban J connectivity index is 2.05. The van der Waals surface area contributed by atoms with E-state index in [4.69, 9.17) is 4.74 Å². The number of hydrogen-bond acceptors (Lipinski definition) is 2. The van der Waals surface area contributed by atoms with Crippen molar-refractivity contribution in [2.45, 2.75) is 51.2 Å². The van der Waals surface area contributed by atoms with E-state index in [1.165, 1.54) is 6.07 Å². The largest absolute Gasteiger partial charge is 0.488 e. The highest BCUT2D eigenvalue weighted by atomic mass is 19.1. The zero-order chi connectivity index (χ0) is 12.3. The summed E-state index contributed by atoms with van der Waals surface area (Å²) in [5, 5.41) is 9.92. The molecule has 1 aliphatic rings. The van der Waals surface area contributed by atoms with Crippen LogP contribution in [0.25, 0.3) is 0 Å². The summed E-state index contributed by atoms with van der Waals surface area (Å²) in [6.07, 6.45) is 4.25. The molecule has 2 atom stereocenters. The van der Waals surface area contributed by atoms with Gasteiger partial charge in [0.05, 0.1) is 6.10 Å². The molecule has 1 aromatic rings. The summed E-state index contributed by atoms with van der Waals surface area (Å²) in [5.74, 6) is 0.254. The molecule has 2 unspecified atom stereocenters. The van der Waals surface area contributed by atoms with E-state index >= 15 is 0 Å². The van der Waals surface area contributed by atoms with Crippen LogP contribution in [-0.4, -0.2) is 17.3 Å². The Morgan fingerprint density at radius 3 is 2.76 bits per heavy atom. The molecule has 1 N–H and O–H groups in total. The first kappa shape index (κ1) is 12.4. The third-order valence-electron chi connectivity index (χ3n) is 3.35. The van der Waals surface area contributed by atoms with Crippen LogP contribution in [-0.2, 0) is 0 Å². The van der Waals surface area contributed by atoms with Gasteiger partial charge in [-0.1, -0.05) is 18.9 Å². The molecule has 2 nitrogen and oxygen atoms in total. The Morgan fingerprint density at radius 2 is 2.00 bits per heavy atom. The zero-order valence-corrected chi connectivity index (χ0v) is 10.2. The first-order valence-electron chi connectivity index (χ1n) is 6.27. The highest BCUT2D eigenvalue weighted by molar-refractivity contribution is 5.28. The lowest BCUT2D eigenvalue weighted by atomic mass is 10.1. The van der Waals surface area contributed by atoms with Crippen LogP contribution in [0.15, 0.2) is 18.2 Å². The SMILES string of the molecule is Cc1ccc(OC2CCCCCC2O)cc1F. The fourth-order valence-electron chi connectivity index (χ4n) is 2.21. The Labute approximate surface area is 101 Å². The molecule has 0 bridgehead atoms. The summed E-state index contributed by atoms with van der Waals surface area (Å²) >= 11 is 0. The fourth-order valence-corrected chi connectivity index (χ4v) is 2.21. The number of aliphatic hydroxyl groups excluding tert-OH is 1. The first-order chi connectivity index (χ1) is 8.16. The van der Waals surface area contributed by atoms with Crippen LogP contribution < -0.4 is 4.74 Å². The van der Waals surface area contributed by atoms with Crippen LogP contribution in [0.3, 0.4) is 0 Å². The molecule has 1 saturated carbocycles. The number of hydrogen-bond donors (Lipinski definition) is 1. The molecule has 0 radical (unpaired) electrons. The van der Waals surface area contributed by atoms with Gasteiger partial charge < -0.3 is 9.84 Å². The second-order valence-electron chi connectivity index (χ2n) is 4.77. The minimum atomic E-state index is -0.429. The number of aryl methyl sites for hydroxylation is 1. The summed E-state index contributed by atoms with van der Waals surface area (Å²) in [6, 6.07) is 4.86. The van der Waals surface area contributed by atoms with Crippen LogP contribution in [0, 0.1) is 12.7 Å². The minimum absolute atomic E-state index is 0.195. The molecule has 0 amide bonds. The van der Waals surface area contributed by atoms with Gasteiger partial charge in [0.25, 0.3) is 0 Å². The average Bonchev–Trinajstić information content (AvgIpc) is 2.50. The Bertz CT molecular complexity index is 378. The van der Waals surface area contributed by atoms with E-state index < -0.39 is 6.10 Å². The molecule has 0 saturated heterocycles. The van der Waals surface area contributed by atoms with Gasteiger partial charge in [-0.25, -0.2) is 4.39 Å². The van der Waals surface area contributed by atoms with Gasteiger partial charge in [-0.2, -0.15) is 0 Å². The van der Waals surface area contributed by atoms with Gasteiger partial charge in [-0.15, -0.1) is 0 Å². The van der Waals surface area contributed by atoms with Crippen LogP contribution in [0.4, 0.5) is 4.39 Å². The highest BCUT2D eigenvalue weighted by Crippen LogP contribution is 2.24. The van der Waals surface area contributed by atoms with E-state index in [0.29, 0.717) is 11.3 Å². The average molecular weight is 238 g/mol. The van der Waals surface area contributed by atoms with E-state index in [2.05, 4.69) is 0 Å². The summed E-state index contributed by atoms with van der Waals surface area (Å²) in [6.45, 7) is 1.72. The molecule has 1 aliphatic carbocycles. The fraction of sp³-hybridized carbons (Fsp3) is 0.571. The second-order valence-corrected chi connectivity index (χ2v) is 4.77. The molecule has 94 valence electrons. The highest BCUT2D eigenvalue weighted by Gasteiger charge is 2.23. The van der Waals surface area contributed by atoms with Crippen molar-refractivity contribution in [1.82, 2.24) is 0 Å². The summed E-state index contributed by atoms with van der Waals surface area (Å²) in [4.78, 5) is 0. The van der Waals surface area contributed by atoms with Crippen molar-refractivity contribution in [2.24, 2.45) is 0 Å². The predicted octanol–water partition coefficient (Wildman–Crippen LogP) is 3.21. The lowest BCUT2D eigenvalue weighted by Gasteiger charge is -2.22. The summed E-state index contributed by atoms with van der Waals surface area (Å²) < 4.78 is 19.1. The molecule has 2 rings (SSSR count). The quantitative estimate of drug-likeness (QED) is 0.802. The normalized spacial score (nSPS) is 25.4. The molecule has 3 heteroatoms. The van der Waals surface area contributed by atoms with Crippen molar-refractivity contribution in [2.75, 3.05) is 0 Å². The van der Waals surface area contributed by atoms with Gasteiger partial charge >= 0.3 is 0 Å². The van der Waals surface area contributed by atoms with Gasteiger partial charge in [-0.05, 0) is 37.8 Å². The van der Waals surface area contributed by atoms with Crippen LogP contribution in [0.2, 0.25) is 0 Å². The molecule has 0 aliphatic heterocycles. The minimum Gasteiger partial charge on any atom is -0.488 e. The van der Waals surface area contributed by atoms with Gasteiger partial charge in [-0.3, -0.25) is 0 Å². The number of halogens is 1. The third-order valence-corrected chi connectivity index (χ3v) is 3.35. The molecule has 0 spiro atoms. The van der Waals surface area contributed by atoms with E-state index in [-0.39, 0.29) is 11.9 Å². The van der Waals surface area contributed by atoms with Gasteiger partial charge in [0, 0.05) is 6.07 Å². The Morgan fingerprint density at radius 1 is 1.24 bits per heavy atom. The molecular weight excluding hydrogens is 219 g/mol. The van der Waals surface area contributed by atoms with Crippen molar-refractivity contribution >= 4 is 0 Å². The Kier molecular flexibility index (Phi) is 4.00. The van der Waals surface area contributed by atoms with Crippen molar-refractivity contribution < 1.29 is 14.2 Å². The van der Waals surface area contributed by atoms with E-state index in [0.717, 1.165) is 32.1 Å². The van der Waals surface area contributed by atoms with Crippen molar-refractivity contribution in [3.63, 3.8) is 0 Å². The van der Waals surface area contributed by atoms with Crippen molar-refractivity contribution in [3.8, 4) is 5.75 Å². The van der Waals surface area contributed by atoms with Crippen molar-refractivity contribution in [3.05, 3.63) is 29.6 Å². The van der Waals surface area contributed by atoms with Crippen LogP contribution in [0.5, 0.6) is 5.75 Å². The molecule has 17 heavy (non-hydrogen) atoms. The number of benzene rings is 1. The molecular formula is C14H19FO2. The third kappa shape index (κ3) is 3.19. The van der Waals surface area contributed by atoms with E-state index in [1.54, 1.807) is 19.1 Å². The lowest BCUT2D eigenvalue weighted by molar-refractivity contribution is 0.0318. The molecule has 1 fully saturated rings. The maximum Gasteiger partial charge on any atom is 0.129 e.